The average Bonchev–Trinajstić information content (AvgIpc) is 2.29. The van der Waals surface area contributed by atoms with E-state index in [0.29, 0.717) is 12.2 Å². The summed E-state index contributed by atoms with van der Waals surface area (Å²) in [5.41, 5.74) is 1.49. The lowest BCUT2D eigenvalue weighted by Gasteiger charge is -2.11. The van der Waals surface area contributed by atoms with E-state index in [9.17, 15) is 9.59 Å². The molecule has 98 valence electrons. The van der Waals surface area contributed by atoms with Crippen LogP contribution < -0.4 is 5.32 Å². The number of carboxylic acids is 1. The van der Waals surface area contributed by atoms with Gasteiger partial charge in [0.05, 0.1) is 13.0 Å². The van der Waals surface area contributed by atoms with Crippen LogP contribution in [0, 0.1) is 0 Å². The van der Waals surface area contributed by atoms with E-state index in [1.54, 1.807) is 38.3 Å². The number of carbonyl (C=O) groups excluding carboxylic acids is 1. The molecule has 0 spiro atoms. The van der Waals surface area contributed by atoms with E-state index >= 15 is 0 Å². The minimum atomic E-state index is -0.932. The van der Waals surface area contributed by atoms with Crippen LogP contribution in [0.15, 0.2) is 24.3 Å². The molecule has 1 unspecified atom stereocenters. The van der Waals surface area contributed by atoms with Gasteiger partial charge in [-0.25, -0.2) is 0 Å². The Morgan fingerprint density at radius 1 is 1.33 bits per heavy atom. The number of ether oxygens (including phenoxy) is 1. The number of hydrogen-bond acceptors (Lipinski definition) is 3. The molecule has 0 radical (unpaired) electrons. The van der Waals surface area contributed by atoms with Gasteiger partial charge >= 0.3 is 5.97 Å². The molecule has 5 heteroatoms. The van der Waals surface area contributed by atoms with E-state index in [1.165, 1.54) is 0 Å². The molecule has 0 saturated heterocycles. The zero-order valence-corrected chi connectivity index (χ0v) is 10.5. The van der Waals surface area contributed by atoms with Crippen LogP contribution >= 0.6 is 0 Å². The fraction of sp³-hybridized carbons (Fsp3) is 0.385. The molecule has 0 aromatic heterocycles. The third-order valence-corrected chi connectivity index (χ3v) is 2.39. The Balaban J connectivity index is 2.58. The summed E-state index contributed by atoms with van der Waals surface area (Å²) in [7, 11) is 1.61. The van der Waals surface area contributed by atoms with E-state index in [4.69, 9.17) is 9.84 Å². The monoisotopic (exact) mass is 251 g/mol. The molecule has 1 aromatic rings. The summed E-state index contributed by atoms with van der Waals surface area (Å²) in [6.45, 7) is 2.16. The highest BCUT2D eigenvalue weighted by Gasteiger charge is 2.12. The van der Waals surface area contributed by atoms with Crippen LogP contribution in [0.3, 0.4) is 0 Å². The Morgan fingerprint density at radius 3 is 2.44 bits per heavy atom. The zero-order valence-electron chi connectivity index (χ0n) is 10.5. The maximum absolute atomic E-state index is 11.8. The molecule has 0 heterocycles. The van der Waals surface area contributed by atoms with Crippen molar-refractivity contribution in [2.24, 2.45) is 0 Å². The number of carbonyl (C=O) groups is 2. The number of hydrogen-bond donors (Lipinski definition) is 2. The fourth-order valence-corrected chi connectivity index (χ4v) is 1.54. The Labute approximate surface area is 106 Å². The Morgan fingerprint density at radius 2 is 1.94 bits per heavy atom. The first-order valence-corrected chi connectivity index (χ1v) is 5.63. The highest BCUT2D eigenvalue weighted by Crippen LogP contribution is 2.06. The van der Waals surface area contributed by atoms with E-state index < -0.39 is 12.0 Å². The van der Waals surface area contributed by atoms with Gasteiger partial charge in [-0.2, -0.15) is 0 Å². The van der Waals surface area contributed by atoms with Crippen LogP contribution in [0.1, 0.15) is 29.3 Å². The van der Waals surface area contributed by atoms with Gasteiger partial charge < -0.3 is 15.2 Å². The highest BCUT2D eigenvalue weighted by atomic mass is 16.5. The third kappa shape index (κ3) is 4.55. The van der Waals surface area contributed by atoms with Crippen molar-refractivity contribution in [3.05, 3.63) is 35.4 Å². The molecule has 0 aliphatic heterocycles. The van der Waals surface area contributed by atoms with Crippen LogP contribution in [0.5, 0.6) is 0 Å². The van der Waals surface area contributed by atoms with Crippen molar-refractivity contribution in [1.29, 1.82) is 0 Å². The van der Waals surface area contributed by atoms with Crippen LogP contribution in [-0.4, -0.2) is 30.1 Å². The summed E-state index contributed by atoms with van der Waals surface area (Å²) < 4.78 is 4.97. The van der Waals surface area contributed by atoms with Crippen molar-refractivity contribution in [2.45, 2.75) is 26.0 Å². The van der Waals surface area contributed by atoms with E-state index in [1.807, 2.05) is 0 Å². The number of nitrogens with one attached hydrogen (secondary N) is 1. The molecule has 1 rings (SSSR count). The van der Waals surface area contributed by atoms with Crippen LogP contribution in [-0.2, 0) is 16.1 Å². The maximum Gasteiger partial charge on any atom is 0.305 e. The molecule has 0 aliphatic carbocycles. The topological polar surface area (TPSA) is 75.6 Å². The van der Waals surface area contributed by atoms with Gasteiger partial charge in [-0.1, -0.05) is 12.1 Å². The first-order chi connectivity index (χ1) is 8.52. The quantitative estimate of drug-likeness (QED) is 0.802. The molecule has 5 nitrogen and oxygen atoms in total. The van der Waals surface area contributed by atoms with Crippen LogP contribution in [0.4, 0.5) is 0 Å². The zero-order chi connectivity index (χ0) is 13.5. The second kappa shape index (κ2) is 6.76. The van der Waals surface area contributed by atoms with Gasteiger partial charge in [0.25, 0.3) is 5.91 Å². The Kier molecular flexibility index (Phi) is 5.32. The van der Waals surface area contributed by atoms with Gasteiger partial charge in [0.15, 0.2) is 0 Å². The predicted molar refractivity (Wildman–Crippen MR) is 66.3 cm³/mol. The van der Waals surface area contributed by atoms with E-state index in [0.717, 1.165) is 5.56 Å². The third-order valence-electron chi connectivity index (χ3n) is 2.39. The molecule has 0 saturated carbocycles. The van der Waals surface area contributed by atoms with Gasteiger partial charge in [-0.05, 0) is 24.6 Å². The molecule has 1 aromatic carbocycles. The van der Waals surface area contributed by atoms with Crippen molar-refractivity contribution in [3.8, 4) is 0 Å². The summed E-state index contributed by atoms with van der Waals surface area (Å²) in [5.74, 6) is -1.20. The number of aliphatic carboxylic acids is 1. The summed E-state index contributed by atoms with van der Waals surface area (Å²) >= 11 is 0. The fourth-order valence-electron chi connectivity index (χ4n) is 1.54. The summed E-state index contributed by atoms with van der Waals surface area (Å²) in [4.78, 5) is 22.2. The molecule has 1 atom stereocenters. The minimum Gasteiger partial charge on any atom is -0.481 e. The molecular formula is C13H17NO4. The normalized spacial score (nSPS) is 11.9. The molecule has 0 aliphatic rings. The molecule has 0 bridgehead atoms. The summed E-state index contributed by atoms with van der Waals surface area (Å²) in [6, 6.07) is 6.60. The number of amides is 1. The molecule has 18 heavy (non-hydrogen) atoms. The number of methoxy groups -OCH3 is 1. The lowest BCUT2D eigenvalue weighted by Crippen LogP contribution is -2.34. The molecule has 0 fully saturated rings. The Bertz CT molecular complexity index is 414. The first-order valence-electron chi connectivity index (χ1n) is 5.63. The van der Waals surface area contributed by atoms with Crippen molar-refractivity contribution in [2.75, 3.05) is 7.11 Å². The molecular weight excluding hydrogens is 234 g/mol. The smallest absolute Gasteiger partial charge is 0.305 e. The lowest BCUT2D eigenvalue weighted by atomic mass is 10.1. The van der Waals surface area contributed by atoms with Crippen molar-refractivity contribution >= 4 is 11.9 Å². The highest BCUT2D eigenvalue weighted by molar-refractivity contribution is 5.94. The second-order valence-electron chi connectivity index (χ2n) is 4.10. The van der Waals surface area contributed by atoms with Crippen molar-refractivity contribution < 1.29 is 19.4 Å². The van der Waals surface area contributed by atoms with Crippen molar-refractivity contribution in [1.82, 2.24) is 5.32 Å². The van der Waals surface area contributed by atoms with Gasteiger partial charge in [0, 0.05) is 18.7 Å². The second-order valence-corrected chi connectivity index (χ2v) is 4.10. The minimum absolute atomic E-state index is 0.0898. The van der Waals surface area contributed by atoms with Gasteiger partial charge in [0.2, 0.25) is 0 Å². The van der Waals surface area contributed by atoms with E-state index in [2.05, 4.69) is 5.32 Å². The lowest BCUT2D eigenvalue weighted by molar-refractivity contribution is -0.137. The number of carboxylic acid groups (broad SMARTS) is 1. The van der Waals surface area contributed by atoms with E-state index in [-0.39, 0.29) is 12.3 Å². The number of benzene rings is 1. The number of rotatable bonds is 6. The predicted octanol–water partition coefficient (Wildman–Crippen LogP) is 1.43. The van der Waals surface area contributed by atoms with Crippen molar-refractivity contribution in [3.63, 3.8) is 0 Å². The van der Waals surface area contributed by atoms with Crippen LogP contribution in [0.25, 0.3) is 0 Å². The SMILES string of the molecule is COCc1ccc(C(=O)NC(C)CC(=O)O)cc1. The first kappa shape index (κ1) is 14.2. The maximum atomic E-state index is 11.8. The summed E-state index contributed by atoms with van der Waals surface area (Å²) in [5, 5.41) is 11.2. The van der Waals surface area contributed by atoms with Gasteiger partial charge in [-0.15, -0.1) is 0 Å². The van der Waals surface area contributed by atoms with Gasteiger partial charge in [0.1, 0.15) is 0 Å². The van der Waals surface area contributed by atoms with Crippen LogP contribution in [0.2, 0.25) is 0 Å². The Hall–Kier alpha value is -1.88. The summed E-state index contributed by atoms with van der Waals surface area (Å²) in [6.07, 6.45) is -0.0898. The largest absolute Gasteiger partial charge is 0.481 e. The van der Waals surface area contributed by atoms with Gasteiger partial charge in [-0.3, -0.25) is 9.59 Å². The standard InChI is InChI=1S/C13H17NO4/c1-9(7-12(15)16)14-13(17)11-5-3-10(4-6-11)8-18-2/h3-6,9H,7-8H2,1-2H3,(H,14,17)(H,15,16). The molecule has 1 amide bonds. The average molecular weight is 251 g/mol. The molecule has 2 N–H and O–H groups in total.